The van der Waals surface area contributed by atoms with Crippen molar-refractivity contribution in [2.75, 3.05) is 19.5 Å². The summed E-state index contributed by atoms with van der Waals surface area (Å²) in [5, 5.41) is 1.36. The Kier molecular flexibility index (Phi) is 5.47. The molecule has 0 amide bonds. The van der Waals surface area contributed by atoms with Gasteiger partial charge in [-0.25, -0.2) is 4.98 Å². The van der Waals surface area contributed by atoms with Gasteiger partial charge in [0, 0.05) is 18.2 Å². The van der Waals surface area contributed by atoms with E-state index in [0.29, 0.717) is 24.0 Å². The lowest BCUT2D eigenvalue weighted by Gasteiger charge is -2.13. The zero-order valence-electron chi connectivity index (χ0n) is 15.1. The molecule has 0 spiro atoms. The number of carbonyl (C=O) groups is 1. The molecule has 0 atom stereocenters. The molecule has 3 heterocycles. The number of carbonyl (C=O) groups excluding carboxylic acids is 1. The maximum absolute atomic E-state index is 13.2. The molecule has 0 aliphatic heterocycles. The predicted molar refractivity (Wildman–Crippen MR) is 108 cm³/mol. The van der Waals surface area contributed by atoms with Crippen molar-refractivity contribution in [2.45, 2.75) is 37.4 Å². The summed E-state index contributed by atoms with van der Waals surface area (Å²) < 4.78 is 6.85. The highest BCUT2D eigenvalue weighted by Crippen LogP contribution is 2.34. The molecule has 6 nitrogen and oxygen atoms in total. The van der Waals surface area contributed by atoms with E-state index in [4.69, 9.17) is 9.72 Å². The lowest BCUT2D eigenvalue weighted by molar-refractivity contribution is 0.101. The number of hydrogen-bond acceptors (Lipinski definition) is 6. The number of rotatable bonds is 7. The van der Waals surface area contributed by atoms with E-state index in [1.54, 1.807) is 41.3 Å². The highest BCUT2D eigenvalue weighted by atomic mass is 32.2. The van der Waals surface area contributed by atoms with E-state index in [0.717, 1.165) is 29.5 Å². The number of aromatic amines is 1. The Morgan fingerprint density at radius 1 is 1.41 bits per heavy atom. The van der Waals surface area contributed by atoms with Crippen LogP contribution in [0.1, 0.15) is 33.8 Å². The molecule has 1 aliphatic rings. The summed E-state index contributed by atoms with van der Waals surface area (Å²) in [6.45, 7) is 0.861. The molecule has 0 saturated carbocycles. The molecule has 142 valence electrons. The van der Waals surface area contributed by atoms with E-state index in [9.17, 15) is 9.59 Å². The molecule has 3 aromatic heterocycles. The number of nitrogens with one attached hydrogen (secondary N) is 1. The second-order valence-electron chi connectivity index (χ2n) is 6.53. The predicted octanol–water partition coefficient (Wildman–Crippen LogP) is 3.29. The fraction of sp³-hybridized carbons (Fsp3) is 0.421. The van der Waals surface area contributed by atoms with Crippen molar-refractivity contribution in [1.29, 1.82) is 0 Å². The molecular weight excluding hydrogens is 382 g/mol. The maximum atomic E-state index is 13.2. The number of aryl methyl sites for hydroxylation is 2. The van der Waals surface area contributed by atoms with E-state index in [2.05, 4.69) is 4.98 Å². The Morgan fingerprint density at radius 3 is 3.04 bits per heavy atom. The molecule has 1 aliphatic carbocycles. The van der Waals surface area contributed by atoms with Crippen LogP contribution in [0.25, 0.3) is 10.2 Å². The molecule has 0 fully saturated rings. The maximum Gasteiger partial charge on any atom is 0.263 e. The van der Waals surface area contributed by atoms with Crippen LogP contribution in [0, 0.1) is 0 Å². The molecule has 8 heteroatoms. The smallest absolute Gasteiger partial charge is 0.263 e. The third kappa shape index (κ3) is 3.61. The van der Waals surface area contributed by atoms with Crippen molar-refractivity contribution in [3.05, 3.63) is 44.8 Å². The van der Waals surface area contributed by atoms with Crippen LogP contribution >= 0.6 is 23.1 Å². The number of nitrogens with zero attached hydrogens (tertiary/aromatic N) is 2. The van der Waals surface area contributed by atoms with E-state index in [-0.39, 0.29) is 17.1 Å². The first kappa shape index (κ1) is 18.5. The molecule has 0 unspecified atom stereocenters. The Labute approximate surface area is 165 Å². The highest BCUT2D eigenvalue weighted by molar-refractivity contribution is 7.99. The monoisotopic (exact) mass is 403 g/mol. The van der Waals surface area contributed by atoms with Gasteiger partial charge in [0.2, 0.25) is 0 Å². The first-order chi connectivity index (χ1) is 13.2. The topological polar surface area (TPSA) is 77.0 Å². The number of thioether (sulfide) groups is 1. The number of fused-ring (bicyclic) bond motifs is 3. The largest absolute Gasteiger partial charge is 0.383 e. The minimum Gasteiger partial charge on any atom is -0.383 e. The summed E-state index contributed by atoms with van der Waals surface area (Å²) in [5.41, 5.74) is 1.75. The Hall–Kier alpha value is -1.90. The van der Waals surface area contributed by atoms with E-state index < -0.39 is 0 Å². The van der Waals surface area contributed by atoms with Gasteiger partial charge in [0.25, 0.3) is 5.56 Å². The van der Waals surface area contributed by atoms with Gasteiger partial charge >= 0.3 is 0 Å². The number of ketones is 1. The molecule has 0 bridgehead atoms. The number of H-pyrrole nitrogens is 1. The van der Waals surface area contributed by atoms with Crippen LogP contribution < -0.4 is 5.56 Å². The van der Waals surface area contributed by atoms with Crippen molar-refractivity contribution in [2.24, 2.45) is 0 Å². The van der Waals surface area contributed by atoms with Crippen LogP contribution in [0.4, 0.5) is 0 Å². The van der Waals surface area contributed by atoms with Gasteiger partial charge in [-0.1, -0.05) is 11.8 Å². The number of ether oxygens (including phenoxy) is 1. The van der Waals surface area contributed by atoms with Crippen molar-refractivity contribution >= 4 is 39.1 Å². The quantitative estimate of drug-likeness (QED) is 0.372. The zero-order chi connectivity index (χ0) is 18.8. The average molecular weight is 404 g/mol. The number of hydrogen-bond donors (Lipinski definition) is 1. The molecule has 27 heavy (non-hydrogen) atoms. The number of aromatic nitrogens is 3. The van der Waals surface area contributed by atoms with Crippen LogP contribution in [-0.4, -0.2) is 39.8 Å². The second-order valence-corrected chi connectivity index (χ2v) is 8.56. The van der Waals surface area contributed by atoms with Crippen LogP contribution in [0.5, 0.6) is 0 Å². The Balaban J connectivity index is 1.71. The number of thiophene rings is 1. The van der Waals surface area contributed by atoms with Crippen molar-refractivity contribution in [1.82, 2.24) is 14.5 Å². The number of Topliss-reactive ketones (excluding diaryl/α,β-unsaturated/α-hetero) is 1. The summed E-state index contributed by atoms with van der Waals surface area (Å²) in [6.07, 6.45) is 6.00. The van der Waals surface area contributed by atoms with Gasteiger partial charge in [-0.2, -0.15) is 0 Å². The molecule has 0 saturated heterocycles. The standard InChI is InChI=1S/C19H21N3O3S2/c1-25-10-9-22-18(24)16-12-5-2-3-7-15(12)27-17(16)21-19(22)26-11-14(23)13-6-4-8-20-13/h4,6,8,20H,2-3,5,7,9-11H2,1H3. The third-order valence-corrected chi connectivity index (χ3v) is 6.95. The number of methoxy groups -OCH3 is 1. The summed E-state index contributed by atoms with van der Waals surface area (Å²) in [7, 11) is 1.62. The van der Waals surface area contributed by atoms with Crippen LogP contribution in [0.3, 0.4) is 0 Å². The highest BCUT2D eigenvalue weighted by Gasteiger charge is 2.22. The lowest BCUT2D eigenvalue weighted by atomic mass is 9.97. The first-order valence-electron chi connectivity index (χ1n) is 9.02. The van der Waals surface area contributed by atoms with E-state index in [1.807, 2.05) is 0 Å². The van der Waals surface area contributed by atoms with E-state index in [1.165, 1.54) is 28.6 Å². The van der Waals surface area contributed by atoms with Crippen molar-refractivity contribution < 1.29 is 9.53 Å². The van der Waals surface area contributed by atoms with Gasteiger partial charge in [-0.3, -0.25) is 14.2 Å². The SMILES string of the molecule is COCCn1c(SCC(=O)c2ccc[nH]2)nc2sc3c(c2c1=O)CCCC3. The molecule has 1 N–H and O–H groups in total. The van der Waals surface area contributed by atoms with Gasteiger partial charge in [-0.05, 0) is 43.4 Å². The lowest BCUT2D eigenvalue weighted by Crippen LogP contribution is -2.26. The molecule has 0 aromatic carbocycles. The summed E-state index contributed by atoms with van der Waals surface area (Å²) >= 11 is 2.94. The van der Waals surface area contributed by atoms with Crippen LogP contribution in [0.15, 0.2) is 28.3 Å². The minimum atomic E-state index is -0.0110. The summed E-state index contributed by atoms with van der Waals surface area (Å²) in [4.78, 5) is 35.4. The van der Waals surface area contributed by atoms with Crippen LogP contribution in [-0.2, 0) is 24.1 Å². The molecular formula is C19H21N3O3S2. The normalized spacial score (nSPS) is 13.8. The van der Waals surface area contributed by atoms with Gasteiger partial charge < -0.3 is 9.72 Å². The van der Waals surface area contributed by atoms with Crippen molar-refractivity contribution in [3.8, 4) is 0 Å². The van der Waals surface area contributed by atoms with Gasteiger partial charge in [0.15, 0.2) is 10.9 Å². The molecule has 0 radical (unpaired) electrons. The van der Waals surface area contributed by atoms with Gasteiger partial charge in [0.05, 0.1) is 30.0 Å². The molecule has 3 aromatic rings. The summed E-state index contributed by atoms with van der Waals surface area (Å²) in [6, 6.07) is 3.55. The van der Waals surface area contributed by atoms with Crippen molar-refractivity contribution in [3.63, 3.8) is 0 Å². The van der Waals surface area contributed by atoms with Gasteiger partial charge in [-0.15, -0.1) is 11.3 Å². The average Bonchev–Trinajstić information content (AvgIpc) is 3.33. The second kappa shape index (κ2) is 8.00. The zero-order valence-corrected chi connectivity index (χ0v) is 16.8. The summed E-state index contributed by atoms with van der Waals surface area (Å²) in [5.74, 6) is 0.222. The fourth-order valence-corrected chi connectivity index (χ4v) is 5.63. The fourth-order valence-electron chi connectivity index (χ4n) is 3.42. The minimum absolute atomic E-state index is 0.00808. The third-order valence-electron chi connectivity index (χ3n) is 4.79. The van der Waals surface area contributed by atoms with Gasteiger partial charge in [0.1, 0.15) is 4.83 Å². The Bertz CT molecular complexity index is 1020. The first-order valence-corrected chi connectivity index (χ1v) is 10.8. The molecule has 4 rings (SSSR count). The van der Waals surface area contributed by atoms with Crippen LogP contribution in [0.2, 0.25) is 0 Å². The Morgan fingerprint density at radius 2 is 2.26 bits per heavy atom. The van der Waals surface area contributed by atoms with E-state index >= 15 is 0 Å².